The molecular weight excluding hydrogens is 372 g/mol. The van der Waals surface area contributed by atoms with E-state index in [0.29, 0.717) is 31.6 Å². The van der Waals surface area contributed by atoms with Gasteiger partial charge in [-0.15, -0.1) is 0 Å². The molecule has 3 aromatic rings. The van der Waals surface area contributed by atoms with E-state index in [2.05, 4.69) is 0 Å². The Kier molecular flexibility index (Phi) is 6.23. The Bertz CT molecular complexity index is 943. The third-order valence-electron chi connectivity index (χ3n) is 5.47. The van der Waals surface area contributed by atoms with Crippen molar-refractivity contribution < 1.29 is 9.59 Å². The number of amides is 2. The van der Waals surface area contributed by atoms with E-state index in [1.165, 1.54) is 0 Å². The number of carbonyl (C=O) groups is 2. The highest BCUT2D eigenvalue weighted by Gasteiger charge is 2.21. The van der Waals surface area contributed by atoms with Crippen molar-refractivity contribution in [2.75, 3.05) is 6.54 Å². The Morgan fingerprint density at radius 3 is 1.83 bits per heavy atom. The summed E-state index contributed by atoms with van der Waals surface area (Å²) in [5.41, 5.74) is 3.93. The molecule has 1 aliphatic rings. The number of nitrogens with zero attached hydrogens (tertiary/aromatic N) is 2. The second-order valence-electron chi connectivity index (χ2n) is 7.75. The van der Waals surface area contributed by atoms with Crippen LogP contribution in [0, 0.1) is 0 Å². The van der Waals surface area contributed by atoms with E-state index in [1.54, 1.807) is 0 Å². The summed E-state index contributed by atoms with van der Waals surface area (Å²) in [4.78, 5) is 28.9. The molecule has 0 aromatic heterocycles. The van der Waals surface area contributed by atoms with Gasteiger partial charge in [0.15, 0.2) is 0 Å². The van der Waals surface area contributed by atoms with Gasteiger partial charge in [-0.1, -0.05) is 72.8 Å². The lowest BCUT2D eigenvalue weighted by Gasteiger charge is -2.23. The predicted octanol–water partition coefficient (Wildman–Crippen LogP) is 4.65. The van der Waals surface area contributed by atoms with Crippen LogP contribution < -0.4 is 0 Å². The Morgan fingerprint density at radius 2 is 1.33 bits per heavy atom. The van der Waals surface area contributed by atoms with E-state index in [0.717, 1.165) is 29.7 Å². The molecule has 1 heterocycles. The fourth-order valence-corrected chi connectivity index (χ4v) is 3.83. The van der Waals surface area contributed by atoms with Crippen LogP contribution in [0.5, 0.6) is 0 Å². The molecule has 0 atom stereocenters. The molecule has 152 valence electrons. The third-order valence-corrected chi connectivity index (χ3v) is 5.47. The van der Waals surface area contributed by atoms with Gasteiger partial charge in [0.2, 0.25) is 5.91 Å². The van der Waals surface area contributed by atoms with Gasteiger partial charge in [-0.3, -0.25) is 9.59 Å². The Hall–Kier alpha value is -3.40. The first kappa shape index (κ1) is 19.9. The van der Waals surface area contributed by atoms with Gasteiger partial charge in [-0.25, -0.2) is 0 Å². The van der Waals surface area contributed by atoms with Gasteiger partial charge >= 0.3 is 0 Å². The molecule has 0 saturated carbocycles. The molecule has 0 spiro atoms. The van der Waals surface area contributed by atoms with E-state index >= 15 is 0 Å². The lowest BCUT2D eigenvalue weighted by atomic mass is 10.1. The minimum Gasteiger partial charge on any atom is -0.338 e. The highest BCUT2D eigenvalue weighted by molar-refractivity contribution is 5.94. The Labute approximate surface area is 177 Å². The second kappa shape index (κ2) is 9.40. The molecule has 3 aromatic carbocycles. The standard InChI is InChI=1S/C26H26N2O2/c29-25-12-7-17-27(25)18-23-13-15-24(16-14-23)26(30)28(19-21-8-3-1-4-9-21)20-22-10-5-2-6-11-22/h1-6,8-11,13-16H,7,12,17-20H2. The van der Waals surface area contributed by atoms with Crippen LogP contribution in [0.1, 0.15) is 39.9 Å². The maximum atomic E-state index is 13.3. The summed E-state index contributed by atoms with van der Waals surface area (Å²) in [6, 6.07) is 27.8. The molecule has 0 bridgehead atoms. The molecule has 4 rings (SSSR count). The van der Waals surface area contributed by atoms with Crippen LogP contribution in [0.3, 0.4) is 0 Å². The summed E-state index contributed by atoms with van der Waals surface area (Å²) < 4.78 is 0. The van der Waals surface area contributed by atoms with Crippen LogP contribution >= 0.6 is 0 Å². The van der Waals surface area contributed by atoms with Gasteiger partial charge in [0, 0.05) is 38.2 Å². The Balaban J connectivity index is 1.50. The molecule has 4 heteroatoms. The van der Waals surface area contributed by atoms with Crippen molar-refractivity contribution >= 4 is 11.8 Å². The van der Waals surface area contributed by atoms with Crippen LogP contribution in [0.4, 0.5) is 0 Å². The molecule has 1 saturated heterocycles. The van der Waals surface area contributed by atoms with Crippen LogP contribution in [0.25, 0.3) is 0 Å². The summed E-state index contributed by atoms with van der Waals surface area (Å²) in [5, 5.41) is 0. The summed E-state index contributed by atoms with van der Waals surface area (Å²) in [6.45, 7) is 2.55. The van der Waals surface area contributed by atoms with Gasteiger partial charge in [-0.05, 0) is 35.2 Å². The number of rotatable bonds is 7. The van der Waals surface area contributed by atoms with Gasteiger partial charge in [0.1, 0.15) is 0 Å². The Morgan fingerprint density at radius 1 is 0.767 bits per heavy atom. The monoisotopic (exact) mass is 398 g/mol. The first-order valence-corrected chi connectivity index (χ1v) is 10.4. The molecule has 1 fully saturated rings. The quantitative estimate of drug-likeness (QED) is 0.581. The smallest absolute Gasteiger partial charge is 0.254 e. The van der Waals surface area contributed by atoms with Gasteiger partial charge < -0.3 is 9.80 Å². The molecule has 0 aliphatic carbocycles. The average Bonchev–Trinajstić information content (AvgIpc) is 3.19. The summed E-state index contributed by atoms with van der Waals surface area (Å²) >= 11 is 0. The summed E-state index contributed by atoms with van der Waals surface area (Å²) in [7, 11) is 0. The fraction of sp³-hybridized carbons (Fsp3) is 0.231. The summed E-state index contributed by atoms with van der Waals surface area (Å²) in [6.07, 6.45) is 1.58. The largest absolute Gasteiger partial charge is 0.338 e. The first-order valence-electron chi connectivity index (χ1n) is 10.4. The minimum atomic E-state index is 0.00602. The van der Waals surface area contributed by atoms with E-state index in [4.69, 9.17) is 0 Å². The van der Waals surface area contributed by atoms with Crippen LogP contribution in [0.15, 0.2) is 84.9 Å². The predicted molar refractivity (Wildman–Crippen MR) is 118 cm³/mol. The number of likely N-dealkylation sites (tertiary alicyclic amines) is 1. The van der Waals surface area contributed by atoms with E-state index in [1.807, 2.05) is 94.7 Å². The van der Waals surface area contributed by atoms with Crippen molar-refractivity contribution in [1.82, 2.24) is 9.80 Å². The van der Waals surface area contributed by atoms with Crippen LogP contribution in [0.2, 0.25) is 0 Å². The number of hydrogen-bond donors (Lipinski definition) is 0. The van der Waals surface area contributed by atoms with E-state index in [-0.39, 0.29) is 11.8 Å². The van der Waals surface area contributed by atoms with Crippen molar-refractivity contribution in [3.05, 3.63) is 107 Å². The molecule has 4 nitrogen and oxygen atoms in total. The minimum absolute atomic E-state index is 0.00602. The zero-order chi connectivity index (χ0) is 20.8. The molecule has 0 N–H and O–H groups in total. The molecule has 0 unspecified atom stereocenters. The zero-order valence-electron chi connectivity index (χ0n) is 17.0. The van der Waals surface area contributed by atoms with Crippen molar-refractivity contribution in [2.45, 2.75) is 32.5 Å². The fourth-order valence-electron chi connectivity index (χ4n) is 3.83. The van der Waals surface area contributed by atoms with E-state index in [9.17, 15) is 9.59 Å². The average molecular weight is 399 g/mol. The summed E-state index contributed by atoms with van der Waals surface area (Å²) in [5.74, 6) is 0.221. The van der Waals surface area contributed by atoms with Crippen molar-refractivity contribution in [2.24, 2.45) is 0 Å². The van der Waals surface area contributed by atoms with Crippen molar-refractivity contribution in [3.63, 3.8) is 0 Å². The van der Waals surface area contributed by atoms with Crippen molar-refractivity contribution in [1.29, 1.82) is 0 Å². The maximum absolute atomic E-state index is 13.3. The van der Waals surface area contributed by atoms with Gasteiger partial charge in [-0.2, -0.15) is 0 Å². The van der Waals surface area contributed by atoms with Crippen LogP contribution in [-0.2, 0) is 24.4 Å². The molecule has 30 heavy (non-hydrogen) atoms. The molecule has 0 radical (unpaired) electrons. The van der Waals surface area contributed by atoms with Crippen LogP contribution in [-0.4, -0.2) is 28.2 Å². The number of benzene rings is 3. The second-order valence-corrected chi connectivity index (χ2v) is 7.75. The topological polar surface area (TPSA) is 40.6 Å². The normalized spacial score (nSPS) is 13.5. The van der Waals surface area contributed by atoms with Gasteiger partial charge in [0.05, 0.1) is 0 Å². The molecular formula is C26H26N2O2. The number of carbonyl (C=O) groups excluding carboxylic acids is 2. The lowest BCUT2D eigenvalue weighted by molar-refractivity contribution is -0.128. The lowest BCUT2D eigenvalue weighted by Crippen LogP contribution is -2.30. The van der Waals surface area contributed by atoms with E-state index < -0.39 is 0 Å². The molecule has 1 aliphatic heterocycles. The van der Waals surface area contributed by atoms with Gasteiger partial charge in [0.25, 0.3) is 5.91 Å². The maximum Gasteiger partial charge on any atom is 0.254 e. The SMILES string of the molecule is O=C1CCCN1Cc1ccc(C(=O)N(Cc2ccccc2)Cc2ccccc2)cc1. The first-order chi connectivity index (χ1) is 14.7. The third kappa shape index (κ3) is 4.95. The molecule has 2 amide bonds. The highest BCUT2D eigenvalue weighted by Crippen LogP contribution is 2.17. The van der Waals surface area contributed by atoms with Crippen molar-refractivity contribution in [3.8, 4) is 0 Å². The number of hydrogen-bond acceptors (Lipinski definition) is 2. The highest BCUT2D eigenvalue weighted by atomic mass is 16.2. The zero-order valence-corrected chi connectivity index (χ0v) is 17.0.